The summed E-state index contributed by atoms with van der Waals surface area (Å²) in [4.78, 5) is 21.8. The summed E-state index contributed by atoms with van der Waals surface area (Å²) < 4.78 is 0. The Morgan fingerprint density at radius 2 is 2.07 bits per heavy atom. The molecule has 6 heteroatoms. The van der Waals surface area contributed by atoms with E-state index in [-0.39, 0.29) is 0 Å². The van der Waals surface area contributed by atoms with Gasteiger partial charge in [0.25, 0.3) is 0 Å². The molecule has 0 aromatic carbocycles. The van der Waals surface area contributed by atoms with Gasteiger partial charge in [0.15, 0.2) is 0 Å². The van der Waals surface area contributed by atoms with E-state index in [2.05, 4.69) is 5.32 Å². The number of nitrogens with two attached hydrogens (primary N) is 2. The van der Waals surface area contributed by atoms with Crippen LogP contribution in [0.4, 0.5) is 0 Å². The molecule has 1 amide bonds. The summed E-state index contributed by atoms with van der Waals surface area (Å²) in [6, 6.07) is -1.59. The molecule has 0 saturated carbocycles. The summed E-state index contributed by atoms with van der Waals surface area (Å²) in [5, 5.41) is 11.1. The summed E-state index contributed by atoms with van der Waals surface area (Å²) in [6.07, 6.45) is 0.875. The van der Waals surface area contributed by atoms with Gasteiger partial charge in [-0.15, -0.1) is 0 Å². The van der Waals surface area contributed by atoms with E-state index in [9.17, 15) is 9.59 Å². The summed E-state index contributed by atoms with van der Waals surface area (Å²) in [5.74, 6) is -1.53. The highest BCUT2D eigenvalue weighted by Crippen LogP contribution is 1.96. The van der Waals surface area contributed by atoms with Gasteiger partial charge < -0.3 is 21.9 Å². The predicted octanol–water partition coefficient (Wildman–Crippen LogP) is -1.36. The minimum atomic E-state index is -1.06. The Hall–Kier alpha value is -1.14. The molecule has 0 aliphatic carbocycles. The highest BCUT2D eigenvalue weighted by Gasteiger charge is 2.20. The highest BCUT2D eigenvalue weighted by atomic mass is 16.4. The number of nitrogens with one attached hydrogen (secondary N) is 1. The van der Waals surface area contributed by atoms with Crippen LogP contribution in [0.1, 0.15) is 19.8 Å². The van der Waals surface area contributed by atoms with Crippen molar-refractivity contribution in [1.82, 2.24) is 5.32 Å². The molecule has 82 valence electrons. The number of amides is 1. The second kappa shape index (κ2) is 6.33. The Morgan fingerprint density at radius 1 is 1.50 bits per heavy atom. The van der Waals surface area contributed by atoms with Crippen LogP contribution >= 0.6 is 0 Å². The van der Waals surface area contributed by atoms with Crippen molar-refractivity contribution in [1.29, 1.82) is 0 Å². The number of hydrogen-bond acceptors (Lipinski definition) is 4. The zero-order valence-corrected chi connectivity index (χ0v) is 8.19. The number of carboxylic acids is 1. The zero-order valence-electron chi connectivity index (χ0n) is 8.19. The van der Waals surface area contributed by atoms with Gasteiger partial charge in [-0.1, -0.05) is 0 Å². The molecule has 0 rings (SSSR count). The van der Waals surface area contributed by atoms with Crippen molar-refractivity contribution < 1.29 is 14.7 Å². The number of rotatable bonds is 6. The Bertz CT molecular complexity index is 206. The first-order valence-electron chi connectivity index (χ1n) is 4.48. The van der Waals surface area contributed by atoms with Crippen LogP contribution in [0.3, 0.4) is 0 Å². The lowest BCUT2D eigenvalue weighted by molar-refractivity contribution is -0.142. The average Bonchev–Trinajstić information content (AvgIpc) is 2.10. The largest absolute Gasteiger partial charge is 0.480 e. The van der Waals surface area contributed by atoms with Crippen LogP contribution in [0.25, 0.3) is 0 Å². The zero-order chi connectivity index (χ0) is 11.1. The first-order valence-corrected chi connectivity index (χ1v) is 4.48. The molecule has 2 atom stereocenters. The molecule has 0 radical (unpaired) electrons. The van der Waals surface area contributed by atoms with Crippen molar-refractivity contribution in [2.45, 2.75) is 31.8 Å². The predicted molar refractivity (Wildman–Crippen MR) is 51.5 cm³/mol. The number of carbonyl (C=O) groups is 2. The fourth-order valence-corrected chi connectivity index (χ4v) is 0.883. The molecule has 0 aromatic heterocycles. The maximum Gasteiger partial charge on any atom is 0.326 e. The molecular weight excluding hydrogens is 186 g/mol. The van der Waals surface area contributed by atoms with Crippen LogP contribution in [-0.2, 0) is 9.59 Å². The van der Waals surface area contributed by atoms with Gasteiger partial charge in [-0.05, 0) is 26.3 Å². The van der Waals surface area contributed by atoms with E-state index in [1.807, 2.05) is 0 Å². The van der Waals surface area contributed by atoms with Gasteiger partial charge in [-0.3, -0.25) is 4.79 Å². The van der Waals surface area contributed by atoms with Crippen molar-refractivity contribution in [3.05, 3.63) is 0 Å². The summed E-state index contributed by atoms with van der Waals surface area (Å²) in [5.41, 5.74) is 10.5. The second-order valence-corrected chi connectivity index (χ2v) is 3.12. The summed E-state index contributed by atoms with van der Waals surface area (Å²) in [7, 11) is 0. The Balaban J connectivity index is 4.09. The molecule has 0 heterocycles. The molecule has 0 aliphatic heterocycles. The van der Waals surface area contributed by atoms with Crippen molar-refractivity contribution in [2.75, 3.05) is 6.54 Å². The van der Waals surface area contributed by atoms with E-state index in [1.54, 1.807) is 0 Å². The van der Waals surface area contributed by atoms with Crippen LogP contribution in [0.5, 0.6) is 0 Å². The molecule has 0 fully saturated rings. The van der Waals surface area contributed by atoms with Gasteiger partial charge >= 0.3 is 5.97 Å². The van der Waals surface area contributed by atoms with E-state index in [4.69, 9.17) is 16.6 Å². The monoisotopic (exact) mass is 203 g/mol. The lowest BCUT2D eigenvalue weighted by atomic mass is 10.1. The molecule has 0 unspecified atom stereocenters. The lowest BCUT2D eigenvalue weighted by Crippen LogP contribution is -2.47. The topological polar surface area (TPSA) is 118 Å². The molecule has 0 aromatic rings. The van der Waals surface area contributed by atoms with E-state index >= 15 is 0 Å². The highest BCUT2D eigenvalue weighted by molar-refractivity contribution is 5.86. The molecule has 0 bridgehead atoms. The standard InChI is InChI=1S/C8H17N3O3/c1-5(10)7(12)11-6(8(13)14)3-2-4-9/h5-6H,2-4,9-10H2,1H3,(H,11,12)(H,13,14)/t5-,6-/m0/s1. The van der Waals surface area contributed by atoms with Gasteiger partial charge in [-0.25, -0.2) is 4.79 Å². The molecule has 14 heavy (non-hydrogen) atoms. The van der Waals surface area contributed by atoms with Crippen molar-refractivity contribution in [3.8, 4) is 0 Å². The average molecular weight is 203 g/mol. The van der Waals surface area contributed by atoms with Crippen LogP contribution in [-0.4, -0.2) is 35.6 Å². The van der Waals surface area contributed by atoms with Gasteiger partial charge in [0.1, 0.15) is 6.04 Å². The second-order valence-electron chi connectivity index (χ2n) is 3.12. The fraction of sp³-hybridized carbons (Fsp3) is 0.750. The Labute approximate surface area is 82.6 Å². The molecule has 0 saturated heterocycles. The van der Waals surface area contributed by atoms with Gasteiger partial charge in [0.05, 0.1) is 6.04 Å². The lowest BCUT2D eigenvalue weighted by Gasteiger charge is -2.15. The quantitative estimate of drug-likeness (QED) is 0.425. The minimum Gasteiger partial charge on any atom is -0.480 e. The third-order valence-electron chi connectivity index (χ3n) is 1.73. The maximum absolute atomic E-state index is 11.1. The Morgan fingerprint density at radius 3 is 2.43 bits per heavy atom. The van der Waals surface area contributed by atoms with E-state index in [0.29, 0.717) is 19.4 Å². The van der Waals surface area contributed by atoms with E-state index in [1.165, 1.54) is 6.92 Å². The van der Waals surface area contributed by atoms with Crippen LogP contribution in [0.2, 0.25) is 0 Å². The van der Waals surface area contributed by atoms with Crippen molar-refractivity contribution >= 4 is 11.9 Å². The first-order chi connectivity index (χ1) is 6.49. The number of carboxylic acid groups (broad SMARTS) is 1. The smallest absolute Gasteiger partial charge is 0.326 e. The number of carbonyl (C=O) groups excluding carboxylic acids is 1. The fourth-order valence-electron chi connectivity index (χ4n) is 0.883. The normalized spacial score (nSPS) is 14.5. The number of aliphatic carboxylic acids is 1. The molecular formula is C8H17N3O3. The van der Waals surface area contributed by atoms with Crippen LogP contribution < -0.4 is 16.8 Å². The van der Waals surface area contributed by atoms with E-state index in [0.717, 1.165) is 0 Å². The van der Waals surface area contributed by atoms with Crippen molar-refractivity contribution in [2.24, 2.45) is 11.5 Å². The van der Waals surface area contributed by atoms with E-state index < -0.39 is 24.0 Å². The maximum atomic E-state index is 11.1. The van der Waals surface area contributed by atoms with Crippen LogP contribution in [0, 0.1) is 0 Å². The number of hydrogen-bond donors (Lipinski definition) is 4. The SMILES string of the molecule is C[C@H](N)C(=O)N[C@@H](CCCN)C(=O)O. The first kappa shape index (κ1) is 12.9. The molecule has 0 spiro atoms. The summed E-state index contributed by atoms with van der Waals surface area (Å²) in [6.45, 7) is 1.90. The third-order valence-corrected chi connectivity index (χ3v) is 1.73. The minimum absolute atomic E-state index is 0.324. The van der Waals surface area contributed by atoms with Gasteiger partial charge in [-0.2, -0.15) is 0 Å². The van der Waals surface area contributed by atoms with Gasteiger partial charge in [0, 0.05) is 0 Å². The van der Waals surface area contributed by atoms with Crippen molar-refractivity contribution in [3.63, 3.8) is 0 Å². The Kier molecular flexibility index (Phi) is 5.82. The molecule has 6 nitrogen and oxygen atoms in total. The molecule has 0 aliphatic rings. The van der Waals surface area contributed by atoms with Crippen LogP contribution in [0.15, 0.2) is 0 Å². The van der Waals surface area contributed by atoms with Gasteiger partial charge in [0.2, 0.25) is 5.91 Å². The molecule has 6 N–H and O–H groups in total. The third kappa shape index (κ3) is 4.78. The summed E-state index contributed by atoms with van der Waals surface area (Å²) >= 11 is 0.